The van der Waals surface area contributed by atoms with Crippen molar-refractivity contribution < 1.29 is 14.3 Å². The van der Waals surface area contributed by atoms with Gasteiger partial charge in [-0.1, -0.05) is 0 Å². The van der Waals surface area contributed by atoms with Crippen LogP contribution >= 0.6 is 22.6 Å². The average Bonchev–Trinajstić information content (AvgIpc) is 2.86. The van der Waals surface area contributed by atoms with Crippen molar-refractivity contribution in [2.45, 2.75) is 45.4 Å². The first-order chi connectivity index (χ1) is 10.8. The largest absolute Gasteiger partial charge is 0.481 e. The van der Waals surface area contributed by atoms with Gasteiger partial charge in [-0.15, -0.1) is 0 Å². The van der Waals surface area contributed by atoms with Crippen LogP contribution in [0.4, 0.5) is 4.79 Å². The molecule has 1 saturated heterocycles. The van der Waals surface area contributed by atoms with E-state index >= 15 is 0 Å². The van der Waals surface area contributed by atoms with Crippen molar-refractivity contribution in [3.05, 3.63) is 21.4 Å². The first kappa shape index (κ1) is 18.3. The Morgan fingerprint density at radius 1 is 1.52 bits per heavy atom. The van der Waals surface area contributed by atoms with Gasteiger partial charge in [0.05, 0.1) is 7.11 Å². The lowest BCUT2D eigenvalue weighted by molar-refractivity contribution is 0.0505. The lowest BCUT2D eigenvalue weighted by atomic mass is 10.2. The van der Waals surface area contributed by atoms with Crippen LogP contribution in [0, 0.1) is 3.57 Å². The summed E-state index contributed by atoms with van der Waals surface area (Å²) < 4.78 is 11.8. The van der Waals surface area contributed by atoms with Crippen LogP contribution in [0.15, 0.2) is 12.3 Å². The van der Waals surface area contributed by atoms with Crippen molar-refractivity contribution in [3.63, 3.8) is 0 Å². The molecule has 0 saturated carbocycles. The van der Waals surface area contributed by atoms with E-state index in [9.17, 15) is 4.79 Å². The van der Waals surface area contributed by atoms with Crippen molar-refractivity contribution in [1.82, 2.24) is 15.2 Å². The van der Waals surface area contributed by atoms with E-state index in [0.717, 1.165) is 35.2 Å². The third kappa shape index (κ3) is 5.49. The highest BCUT2D eigenvalue weighted by atomic mass is 127. The molecular weight excluding hydrogens is 409 g/mol. The van der Waals surface area contributed by atoms with E-state index in [4.69, 9.17) is 9.47 Å². The minimum atomic E-state index is -0.471. The Morgan fingerprint density at radius 3 is 2.91 bits per heavy atom. The van der Waals surface area contributed by atoms with Crippen LogP contribution in [0.25, 0.3) is 0 Å². The van der Waals surface area contributed by atoms with Crippen LogP contribution < -0.4 is 10.1 Å². The fraction of sp³-hybridized carbons (Fsp3) is 0.625. The predicted octanol–water partition coefficient (Wildman–Crippen LogP) is 2.79. The Hall–Kier alpha value is -1.09. The zero-order valence-corrected chi connectivity index (χ0v) is 16.2. The third-order valence-electron chi connectivity index (χ3n) is 3.53. The van der Waals surface area contributed by atoms with Gasteiger partial charge in [-0.25, -0.2) is 9.78 Å². The molecule has 0 aromatic carbocycles. The van der Waals surface area contributed by atoms with Gasteiger partial charge in [0.25, 0.3) is 0 Å². The van der Waals surface area contributed by atoms with Crippen molar-refractivity contribution in [2.24, 2.45) is 0 Å². The molecule has 0 radical (unpaired) electrons. The summed E-state index contributed by atoms with van der Waals surface area (Å²) in [5.74, 6) is 0.667. The molecule has 0 aliphatic carbocycles. The topological polar surface area (TPSA) is 63.7 Å². The normalized spacial score (nSPS) is 18.7. The van der Waals surface area contributed by atoms with Crippen LogP contribution in [0.1, 0.15) is 32.8 Å². The van der Waals surface area contributed by atoms with Gasteiger partial charge in [0.1, 0.15) is 5.60 Å². The Kier molecular flexibility index (Phi) is 6.07. The van der Waals surface area contributed by atoms with Crippen molar-refractivity contribution in [1.29, 1.82) is 0 Å². The van der Waals surface area contributed by atoms with Crippen LogP contribution in [0.2, 0.25) is 0 Å². The second kappa shape index (κ2) is 7.65. The number of rotatable bonds is 4. The van der Waals surface area contributed by atoms with Gasteiger partial charge >= 0.3 is 6.09 Å². The van der Waals surface area contributed by atoms with Gasteiger partial charge in [-0.05, 0) is 55.8 Å². The number of nitrogens with zero attached hydrogens (tertiary/aromatic N) is 2. The summed E-state index contributed by atoms with van der Waals surface area (Å²) in [6, 6.07) is 2.09. The molecule has 0 unspecified atom stereocenters. The fourth-order valence-corrected chi connectivity index (χ4v) is 3.12. The number of aromatic nitrogens is 1. The molecule has 1 amide bonds. The number of carbonyl (C=O) groups is 1. The first-order valence-corrected chi connectivity index (χ1v) is 8.75. The van der Waals surface area contributed by atoms with Gasteiger partial charge in [0.2, 0.25) is 5.88 Å². The zero-order chi connectivity index (χ0) is 17.0. The number of ether oxygens (including phenoxy) is 2. The van der Waals surface area contributed by atoms with Crippen molar-refractivity contribution >= 4 is 28.7 Å². The summed E-state index contributed by atoms with van der Waals surface area (Å²) in [4.78, 5) is 18.4. The molecule has 7 heteroatoms. The van der Waals surface area contributed by atoms with Gasteiger partial charge in [-0.3, -0.25) is 4.90 Å². The predicted molar refractivity (Wildman–Crippen MR) is 96.6 cm³/mol. The molecule has 23 heavy (non-hydrogen) atoms. The van der Waals surface area contributed by atoms with Crippen LogP contribution in [-0.2, 0) is 11.3 Å². The number of amides is 1. The van der Waals surface area contributed by atoms with E-state index in [-0.39, 0.29) is 12.1 Å². The number of alkyl carbamates (subject to hydrolysis) is 1. The molecule has 0 bridgehead atoms. The smallest absolute Gasteiger partial charge is 0.407 e. The van der Waals surface area contributed by atoms with E-state index in [1.165, 1.54) is 0 Å². The quantitative estimate of drug-likeness (QED) is 0.741. The minimum absolute atomic E-state index is 0.116. The molecule has 6 nitrogen and oxygen atoms in total. The third-order valence-corrected chi connectivity index (χ3v) is 4.54. The van der Waals surface area contributed by atoms with Gasteiger partial charge in [-0.2, -0.15) is 0 Å². The van der Waals surface area contributed by atoms with Crippen molar-refractivity contribution in [3.8, 4) is 5.88 Å². The van der Waals surface area contributed by atoms with E-state index in [0.29, 0.717) is 5.88 Å². The molecule has 2 rings (SSSR count). The van der Waals surface area contributed by atoms with E-state index in [1.807, 2.05) is 26.8 Å². The molecule has 1 fully saturated rings. The minimum Gasteiger partial charge on any atom is -0.481 e. The zero-order valence-electron chi connectivity index (χ0n) is 14.1. The summed E-state index contributed by atoms with van der Waals surface area (Å²) in [5.41, 5.74) is 0.621. The summed E-state index contributed by atoms with van der Waals surface area (Å²) >= 11 is 2.30. The fourth-order valence-electron chi connectivity index (χ4n) is 2.56. The lowest BCUT2D eigenvalue weighted by Gasteiger charge is -2.22. The molecule has 0 spiro atoms. The monoisotopic (exact) mass is 433 g/mol. The van der Waals surface area contributed by atoms with Crippen LogP contribution in [-0.4, -0.2) is 47.8 Å². The molecule has 1 atom stereocenters. The number of halogens is 1. The highest BCUT2D eigenvalue weighted by molar-refractivity contribution is 14.1. The average molecular weight is 433 g/mol. The van der Waals surface area contributed by atoms with Gasteiger partial charge in [0.15, 0.2) is 0 Å². The highest BCUT2D eigenvalue weighted by Crippen LogP contribution is 2.24. The Bertz CT molecular complexity index is 560. The maximum atomic E-state index is 11.9. The number of nitrogens with one attached hydrogen (secondary N) is 1. The number of methoxy groups -OCH3 is 1. The number of hydrogen-bond donors (Lipinski definition) is 1. The van der Waals surface area contributed by atoms with E-state index in [2.05, 4.69) is 37.8 Å². The Balaban J connectivity index is 1.90. The maximum Gasteiger partial charge on any atom is 0.407 e. The highest BCUT2D eigenvalue weighted by Gasteiger charge is 2.27. The first-order valence-electron chi connectivity index (χ1n) is 7.67. The SMILES string of the molecule is COc1nccc(I)c1CN1CC[C@@H](NC(=O)OC(C)(C)C)C1. The Labute approximate surface area is 151 Å². The molecule has 128 valence electrons. The molecule has 1 aromatic rings. The number of carbonyl (C=O) groups excluding carboxylic acids is 1. The molecule has 2 heterocycles. The second-order valence-corrected chi connectivity index (χ2v) is 7.81. The summed E-state index contributed by atoms with van der Waals surface area (Å²) in [6.45, 7) is 8.09. The Morgan fingerprint density at radius 2 is 2.26 bits per heavy atom. The van der Waals surface area contributed by atoms with E-state index in [1.54, 1.807) is 13.3 Å². The molecular formula is C16H24IN3O3. The molecule has 1 N–H and O–H groups in total. The molecule has 1 aromatic heterocycles. The van der Waals surface area contributed by atoms with Crippen molar-refractivity contribution in [2.75, 3.05) is 20.2 Å². The lowest BCUT2D eigenvalue weighted by Crippen LogP contribution is -2.40. The molecule has 1 aliphatic rings. The van der Waals surface area contributed by atoms with Crippen LogP contribution in [0.3, 0.4) is 0 Å². The molecule has 1 aliphatic heterocycles. The number of pyridine rings is 1. The number of likely N-dealkylation sites (tertiary alicyclic amines) is 1. The van der Waals surface area contributed by atoms with Gasteiger partial charge in [0, 0.05) is 41.0 Å². The summed E-state index contributed by atoms with van der Waals surface area (Å²) in [7, 11) is 1.64. The van der Waals surface area contributed by atoms with E-state index < -0.39 is 5.60 Å². The summed E-state index contributed by atoms with van der Waals surface area (Å²) in [6.07, 6.45) is 2.32. The standard InChI is InChI=1S/C16H24IN3O3/c1-16(2,3)23-15(21)19-11-6-8-20(9-11)10-12-13(17)5-7-18-14(12)22-4/h5,7,11H,6,8-10H2,1-4H3,(H,19,21)/t11-/m1/s1. The second-order valence-electron chi connectivity index (χ2n) is 6.65. The maximum absolute atomic E-state index is 11.9. The van der Waals surface area contributed by atoms with Crippen LogP contribution in [0.5, 0.6) is 5.88 Å². The number of hydrogen-bond acceptors (Lipinski definition) is 5. The summed E-state index contributed by atoms with van der Waals surface area (Å²) in [5, 5.41) is 2.94. The van der Waals surface area contributed by atoms with Gasteiger partial charge < -0.3 is 14.8 Å².